The Morgan fingerprint density at radius 2 is 2.08 bits per heavy atom. The molecule has 1 aliphatic carbocycles. The van der Waals surface area contributed by atoms with Gasteiger partial charge in [-0.15, -0.1) is 0 Å². The van der Waals surface area contributed by atoms with Crippen molar-refractivity contribution in [3.8, 4) is 0 Å². The van der Waals surface area contributed by atoms with E-state index in [1.807, 2.05) is 0 Å². The van der Waals surface area contributed by atoms with Crippen molar-refractivity contribution >= 4 is 6.29 Å². The molecule has 0 aromatic carbocycles. The first-order chi connectivity index (χ1) is 5.90. The lowest BCUT2D eigenvalue weighted by Gasteiger charge is -1.91. The van der Waals surface area contributed by atoms with Gasteiger partial charge in [0.05, 0.1) is 5.69 Å². The van der Waals surface area contributed by atoms with Gasteiger partial charge in [-0.2, -0.15) is 0 Å². The van der Waals surface area contributed by atoms with Crippen LogP contribution >= 0.6 is 0 Å². The van der Waals surface area contributed by atoms with Gasteiger partial charge in [-0.25, -0.2) is 4.98 Å². The molecule has 0 amide bonds. The molecular formula is C9H12N2O. The molecule has 0 unspecified atom stereocenters. The van der Waals surface area contributed by atoms with Crippen molar-refractivity contribution in [2.75, 3.05) is 0 Å². The van der Waals surface area contributed by atoms with E-state index in [-0.39, 0.29) is 0 Å². The van der Waals surface area contributed by atoms with Crippen LogP contribution in [-0.2, 0) is 12.8 Å². The highest BCUT2D eigenvalue weighted by Crippen LogP contribution is 2.17. The largest absolute Gasteiger partial charge is 0.339 e. The highest BCUT2D eigenvalue weighted by Gasteiger charge is 2.12. The Balaban J connectivity index is 2.32. The number of aromatic nitrogens is 2. The normalized spacial score (nSPS) is 16.7. The Hall–Kier alpha value is -1.12. The van der Waals surface area contributed by atoms with Gasteiger partial charge >= 0.3 is 0 Å². The summed E-state index contributed by atoms with van der Waals surface area (Å²) in [7, 11) is 0. The van der Waals surface area contributed by atoms with Gasteiger partial charge in [0.15, 0.2) is 12.1 Å². The second kappa shape index (κ2) is 3.09. The Kier molecular flexibility index (Phi) is 1.94. The van der Waals surface area contributed by atoms with E-state index in [1.165, 1.54) is 25.0 Å². The molecule has 0 saturated heterocycles. The summed E-state index contributed by atoms with van der Waals surface area (Å²) < 4.78 is 0. The first-order valence-electron chi connectivity index (χ1n) is 4.43. The summed E-state index contributed by atoms with van der Waals surface area (Å²) in [6, 6.07) is 0. The lowest BCUT2D eigenvalue weighted by Crippen LogP contribution is -1.87. The molecule has 0 fully saturated rings. The zero-order valence-electron chi connectivity index (χ0n) is 6.97. The van der Waals surface area contributed by atoms with Crippen LogP contribution < -0.4 is 0 Å². The quantitative estimate of drug-likeness (QED) is 0.505. The molecule has 0 atom stereocenters. The van der Waals surface area contributed by atoms with Crippen LogP contribution in [0, 0.1) is 0 Å². The number of aryl methyl sites for hydroxylation is 2. The van der Waals surface area contributed by atoms with E-state index in [4.69, 9.17) is 0 Å². The molecule has 1 aliphatic rings. The predicted molar refractivity (Wildman–Crippen MR) is 45.2 cm³/mol. The number of carbonyl (C=O) groups is 1. The molecule has 0 spiro atoms. The van der Waals surface area contributed by atoms with Gasteiger partial charge in [-0.3, -0.25) is 4.79 Å². The predicted octanol–water partition coefficient (Wildman–Crippen LogP) is 1.49. The number of aromatic amines is 1. The fourth-order valence-electron chi connectivity index (χ4n) is 1.71. The summed E-state index contributed by atoms with van der Waals surface area (Å²) in [6.07, 6.45) is 6.56. The minimum Gasteiger partial charge on any atom is -0.339 e. The molecule has 64 valence electrons. The lowest BCUT2D eigenvalue weighted by molar-refractivity contribution is 0.111. The van der Waals surface area contributed by atoms with Crippen molar-refractivity contribution in [3.05, 3.63) is 17.2 Å². The van der Waals surface area contributed by atoms with E-state index >= 15 is 0 Å². The standard InChI is InChI=1S/C9H12N2O/c12-6-9-10-7-4-2-1-3-5-8(7)11-9/h6H,1-5H2,(H,10,11). The molecule has 1 aromatic rings. The number of fused-ring (bicyclic) bond motifs is 1. The fraction of sp³-hybridized carbons (Fsp3) is 0.556. The van der Waals surface area contributed by atoms with Crippen molar-refractivity contribution in [1.29, 1.82) is 0 Å². The van der Waals surface area contributed by atoms with Gasteiger partial charge in [0, 0.05) is 5.69 Å². The minimum atomic E-state index is 0.488. The van der Waals surface area contributed by atoms with E-state index < -0.39 is 0 Å². The minimum absolute atomic E-state index is 0.488. The molecule has 12 heavy (non-hydrogen) atoms. The van der Waals surface area contributed by atoms with Crippen LogP contribution in [0.3, 0.4) is 0 Å². The topological polar surface area (TPSA) is 45.8 Å². The number of carbonyl (C=O) groups excluding carboxylic acids is 1. The zero-order valence-corrected chi connectivity index (χ0v) is 6.97. The highest BCUT2D eigenvalue weighted by molar-refractivity contribution is 5.69. The average molecular weight is 164 g/mol. The smallest absolute Gasteiger partial charge is 0.185 e. The first-order valence-corrected chi connectivity index (χ1v) is 4.43. The van der Waals surface area contributed by atoms with Gasteiger partial charge in [0.2, 0.25) is 0 Å². The Labute approximate surface area is 71.2 Å². The summed E-state index contributed by atoms with van der Waals surface area (Å²) in [4.78, 5) is 17.7. The summed E-state index contributed by atoms with van der Waals surface area (Å²) >= 11 is 0. The van der Waals surface area contributed by atoms with Crippen LogP contribution in [0.15, 0.2) is 0 Å². The average Bonchev–Trinajstić information content (AvgIpc) is 2.37. The molecule has 0 aliphatic heterocycles. The van der Waals surface area contributed by atoms with Crippen molar-refractivity contribution in [3.63, 3.8) is 0 Å². The Bertz CT molecular complexity index is 267. The van der Waals surface area contributed by atoms with Crippen LogP contribution in [0.2, 0.25) is 0 Å². The fourth-order valence-corrected chi connectivity index (χ4v) is 1.71. The van der Waals surface area contributed by atoms with E-state index in [2.05, 4.69) is 9.97 Å². The Morgan fingerprint density at radius 3 is 2.92 bits per heavy atom. The van der Waals surface area contributed by atoms with Gasteiger partial charge < -0.3 is 4.98 Å². The number of hydrogen-bond donors (Lipinski definition) is 1. The third-order valence-corrected chi connectivity index (χ3v) is 2.33. The number of rotatable bonds is 1. The van der Waals surface area contributed by atoms with Gasteiger partial charge in [0.1, 0.15) is 0 Å². The van der Waals surface area contributed by atoms with Crippen molar-refractivity contribution in [1.82, 2.24) is 9.97 Å². The maximum atomic E-state index is 10.4. The van der Waals surface area contributed by atoms with Crippen LogP contribution in [0.1, 0.15) is 41.3 Å². The number of aldehydes is 1. The van der Waals surface area contributed by atoms with Gasteiger partial charge in [-0.1, -0.05) is 6.42 Å². The summed E-state index contributed by atoms with van der Waals surface area (Å²) in [5.41, 5.74) is 2.28. The zero-order chi connectivity index (χ0) is 8.39. The number of nitrogens with one attached hydrogen (secondary N) is 1. The van der Waals surface area contributed by atoms with Crippen molar-refractivity contribution in [2.45, 2.75) is 32.1 Å². The second-order valence-corrected chi connectivity index (χ2v) is 3.23. The summed E-state index contributed by atoms with van der Waals surface area (Å²) in [5, 5.41) is 0. The van der Waals surface area contributed by atoms with Gasteiger partial charge in [0.25, 0.3) is 0 Å². The van der Waals surface area contributed by atoms with Crippen molar-refractivity contribution in [2.24, 2.45) is 0 Å². The number of nitrogens with zero attached hydrogens (tertiary/aromatic N) is 1. The summed E-state index contributed by atoms with van der Waals surface area (Å²) in [5.74, 6) is 0.488. The van der Waals surface area contributed by atoms with E-state index in [1.54, 1.807) is 0 Å². The molecule has 1 N–H and O–H groups in total. The maximum absolute atomic E-state index is 10.4. The van der Waals surface area contributed by atoms with Crippen LogP contribution in [-0.4, -0.2) is 16.3 Å². The van der Waals surface area contributed by atoms with E-state index in [0.29, 0.717) is 5.82 Å². The number of imidazole rings is 1. The molecule has 0 saturated carbocycles. The maximum Gasteiger partial charge on any atom is 0.185 e. The third-order valence-electron chi connectivity index (χ3n) is 2.33. The summed E-state index contributed by atoms with van der Waals surface area (Å²) in [6.45, 7) is 0. The van der Waals surface area contributed by atoms with Crippen LogP contribution in [0.25, 0.3) is 0 Å². The molecule has 2 rings (SSSR count). The van der Waals surface area contributed by atoms with E-state index in [9.17, 15) is 4.79 Å². The van der Waals surface area contributed by atoms with Gasteiger partial charge in [-0.05, 0) is 25.7 Å². The SMILES string of the molecule is O=Cc1nc2c([nH]1)CCCCC2. The second-order valence-electron chi connectivity index (χ2n) is 3.23. The Morgan fingerprint density at radius 1 is 1.25 bits per heavy atom. The molecule has 3 heteroatoms. The molecule has 3 nitrogen and oxygen atoms in total. The van der Waals surface area contributed by atoms with Crippen molar-refractivity contribution < 1.29 is 4.79 Å². The molecular weight excluding hydrogens is 152 g/mol. The molecule has 1 aromatic heterocycles. The molecule has 0 radical (unpaired) electrons. The highest BCUT2D eigenvalue weighted by atomic mass is 16.1. The van der Waals surface area contributed by atoms with Crippen LogP contribution in [0.5, 0.6) is 0 Å². The lowest BCUT2D eigenvalue weighted by atomic mass is 10.2. The van der Waals surface area contributed by atoms with E-state index in [0.717, 1.165) is 24.8 Å². The number of H-pyrrole nitrogens is 1. The molecule has 0 bridgehead atoms. The monoisotopic (exact) mass is 164 g/mol. The number of hydrogen-bond acceptors (Lipinski definition) is 2. The first kappa shape index (κ1) is 7.53. The van der Waals surface area contributed by atoms with Crippen LogP contribution in [0.4, 0.5) is 0 Å². The third kappa shape index (κ3) is 1.26. The molecule has 1 heterocycles.